The smallest absolute Gasteiger partial charge is 0.273 e. The van der Waals surface area contributed by atoms with Gasteiger partial charge in [0.05, 0.1) is 0 Å². The van der Waals surface area contributed by atoms with Crippen molar-refractivity contribution in [1.82, 2.24) is 15.8 Å². The summed E-state index contributed by atoms with van der Waals surface area (Å²) in [5.74, 6) is 0.854. The van der Waals surface area contributed by atoms with Gasteiger partial charge in [-0.15, -0.1) is 12.4 Å². The van der Waals surface area contributed by atoms with Crippen molar-refractivity contribution in [3.05, 3.63) is 17.5 Å². The Morgan fingerprint density at radius 3 is 2.65 bits per heavy atom. The summed E-state index contributed by atoms with van der Waals surface area (Å²) in [4.78, 5) is 24.3. The summed E-state index contributed by atoms with van der Waals surface area (Å²) in [5, 5.41) is 9.99. The van der Waals surface area contributed by atoms with E-state index >= 15 is 0 Å². The second-order valence-electron chi connectivity index (χ2n) is 7.04. The molecule has 1 aromatic rings. The van der Waals surface area contributed by atoms with Crippen molar-refractivity contribution in [2.24, 2.45) is 11.7 Å². The fourth-order valence-corrected chi connectivity index (χ4v) is 3.44. The average Bonchev–Trinajstić information content (AvgIpc) is 3.04. The quantitative estimate of drug-likeness (QED) is 0.665. The third kappa shape index (κ3) is 6.29. The third-order valence-corrected chi connectivity index (χ3v) is 4.84. The molecule has 2 amide bonds. The predicted molar refractivity (Wildman–Crippen MR) is 102 cm³/mol. The molecule has 1 fully saturated rings. The summed E-state index contributed by atoms with van der Waals surface area (Å²) in [5.41, 5.74) is 6.01. The lowest BCUT2D eigenvalue weighted by Crippen LogP contribution is -2.49. The maximum atomic E-state index is 12.4. The third-order valence-electron chi connectivity index (χ3n) is 4.84. The van der Waals surface area contributed by atoms with Gasteiger partial charge in [0.25, 0.3) is 5.91 Å². The van der Waals surface area contributed by atoms with E-state index in [1.165, 1.54) is 0 Å². The Morgan fingerprint density at radius 2 is 2.08 bits per heavy atom. The van der Waals surface area contributed by atoms with E-state index in [-0.39, 0.29) is 42.3 Å². The normalized spacial score (nSPS) is 23.6. The minimum Gasteiger partial charge on any atom is -0.361 e. The van der Waals surface area contributed by atoms with Gasteiger partial charge in [-0.2, -0.15) is 0 Å². The van der Waals surface area contributed by atoms with Gasteiger partial charge in [0.15, 0.2) is 5.69 Å². The van der Waals surface area contributed by atoms with Crippen LogP contribution in [0.25, 0.3) is 0 Å². The van der Waals surface area contributed by atoms with Crippen molar-refractivity contribution in [2.45, 2.75) is 77.4 Å². The molecule has 1 aliphatic rings. The zero-order chi connectivity index (χ0) is 18.4. The van der Waals surface area contributed by atoms with Crippen LogP contribution >= 0.6 is 12.4 Å². The molecule has 0 radical (unpaired) electrons. The summed E-state index contributed by atoms with van der Waals surface area (Å²) in [7, 11) is 0. The van der Waals surface area contributed by atoms with Gasteiger partial charge < -0.3 is 20.9 Å². The van der Waals surface area contributed by atoms with E-state index in [0.717, 1.165) is 25.7 Å². The lowest BCUT2D eigenvalue weighted by molar-refractivity contribution is -0.122. The van der Waals surface area contributed by atoms with Crippen LogP contribution in [-0.4, -0.2) is 35.1 Å². The molecule has 148 valence electrons. The van der Waals surface area contributed by atoms with E-state index in [0.29, 0.717) is 30.2 Å². The van der Waals surface area contributed by atoms with Crippen molar-refractivity contribution in [3.63, 3.8) is 0 Å². The highest BCUT2D eigenvalue weighted by atomic mass is 35.5. The number of halogens is 1. The van der Waals surface area contributed by atoms with Gasteiger partial charge in [-0.05, 0) is 32.1 Å². The maximum Gasteiger partial charge on any atom is 0.273 e. The molecule has 0 saturated heterocycles. The Labute approximate surface area is 161 Å². The number of amides is 2. The summed E-state index contributed by atoms with van der Waals surface area (Å²) < 4.78 is 5.10. The van der Waals surface area contributed by atoms with Gasteiger partial charge in [0.2, 0.25) is 5.91 Å². The van der Waals surface area contributed by atoms with Gasteiger partial charge in [-0.3, -0.25) is 9.59 Å². The monoisotopic (exact) mass is 386 g/mol. The molecular formula is C18H31ClN4O3. The molecule has 0 bridgehead atoms. The molecule has 0 unspecified atom stereocenters. The SMILES string of the molecule is CCc1cc(C(=O)N[C@@H]2CC[C@@H](NC(=O)C[C@H](C)N)C[C@@H]2CC)no1.Cl. The number of hydrogen-bond acceptors (Lipinski definition) is 5. The van der Waals surface area contributed by atoms with Crippen LogP contribution in [0.15, 0.2) is 10.6 Å². The van der Waals surface area contributed by atoms with Crippen LogP contribution < -0.4 is 16.4 Å². The first-order chi connectivity index (χ1) is 11.9. The molecule has 2 rings (SSSR count). The van der Waals surface area contributed by atoms with Crippen LogP contribution in [0.5, 0.6) is 0 Å². The Hall–Kier alpha value is -1.60. The highest BCUT2D eigenvalue weighted by Crippen LogP contribution is 2.27. The van der Waals surface area contributed by atoms with Crippen LogP contribution in [0, 0.1) is 5.92 Å². The molecule has 8 heteroatoms. The van der Waals surface area contributed by atoms with Crippen LogP contribution in [0.3, 0.4) is 0 Å². The fraction of sp³-hybridized carbons (Fsp3) is 0.722. The van der Waals surface area contributed by atoms with Gasteiger partial charge >= 0.3 is 0 Å². The first-order valence-corrected chi connectivity index (χ1v) is 9.24. The van der Waals surface area contributed by atoms with E-state index in [4.69, 9.17) is 10.3 Å². The number of carbonyl (C=O) groups excluding carboxylic acids is 2. The minimum absolute atomic E-state index is 0. The Kier molecular flexibility index (Phi) is 9.08. The van der Waals surface area contributed by atoms with E-state index in [9.17, 15) is 9.59 Å². The number of nitrogens with zero attached hydrogens (tertiary/aromatic N) is 1. The van der Waals surface area contributed by atoms with E-state index in [2.05, 4.69) is 22.7 Å². The summed E-state index contributed by atoms with van der Waals surface area (Å²) >= 11 is 0. The van der Waals surface area contributed by atoms with E-state index in [1.807, 2.05) is 13.8 Å². The molecular weight excluding hydrogens is 356 g/mol. The highest BCUT2D eigenvalue weighted by Gasteiger charge is 2.31. The first-order valence-electron chi connectivity index (χ1n) is 9.24. The van der Waals surface area contributed by atoms with E-state index < -0.39 is 0 Å². The molecule has 4 atom stereocenters. The summed E-state index contributed by atoms with van der Waals surface area (Å²) in [6, 6.07) is 1.81. The van der Waals surface area contributed by atoms with Gasteiger partial charge in [-0.1, -0.05) is 25.4 Å². The molecule has 0 aromatic carbocycles. The van der Waals surface area contributed by atoms with Crippen molar-refractivity contribution in [1.29, 1.82) is 0 Å². The average molecular weight is 387 g/mol. The Balaban J connectivity index is 0.00000338. The van der Waals surface area contributed by atoms with Crippen molar-refractivity contribution >= 4 is 24.2 Å². The Morgan fingerprint density at radius 1 is 1.35 bits per heavy atom. The van der Waals surface area contributed by atoms with Crippen LogP contribution in [0.4, 0.5) is 0 Å². The molecule has 7 nitrogen and oxygen atoms in total. The standard InChI is InChI=1S/C18H30N4O3.ClH/c1-4-12-9-13(20-17(23)8-11(3)19)6-7-15(12)21-18(24)16-10-14(5-2)25-22-16;/h10-13,15H,4-9,19H2,1-3H3,(H,20,23)(H,21,24);1H/t11-,12-,13+,15+;/m0./s1. The highest BCUT2D eigenvalue weighted by molar-refractivity contribution is 5.92. The maximum absolute atomic E-state index is 12.4. The largest absolute Gasteiger partial charge is 0.361 e. The lowest BCUT2D eigenvalue weighted by atomic mass is 9.80. The minimum atomic E-state index is -0.189. The van der Waals surface area contributed by atoms with Crippen LogP contribution in [0.1, 0.15) is 69.1 Å². The van der Waals surface area contributed by atoms with Crippen molar-refractivity contribution < 1.29 is 14.1 Å². The molecule has 0 spiro atoms. The fourth-order valence-electron chi connectivity index (χ4n) is 3.44. The molecule has 1 heterocycles. The van der Waals surface area contributed by atoms with Gasteiger partial charge in [0.1, 0.15) is 5.76 Å². The van der Waals surface area contributed by atoms with Crippen LogP contribution in [0.2, 0.25) is 0 Å². The Bertz CT molecular complexity index is 591. The molecule has 1 aromatic heterocycles. The number of carbonyl (C=O) groups is 2. The lowest BCUT2D eigenvalue weighted by Gasteiger charge is -2.36. The predicted octanol–water partition coefficient (Wildman–Crippen LogP) is 2.19. The van der Waals surface area contributed by atoms with Gasteiger partial charge in [-0.25, -0.2) is 0 Å². The molecule has 0 aliphatic heterocycles. The molecule has 26 heavy (non-hydrogen) atoms. The molecule has 4 N–H and O–H groups in total. The van der Waals surface area contributed by atoms with Crippen LogP contribution in [-0.2, 0) is 11.2 Å². The number of nitrogens with one attached hydrogen (secondary N) is 2. The number of aryl methyl sites for hydroxylation is 1. The number of rotatable bonds is 7. The molecule has 1 saturated carbocycles. The number of hydrogen-bond donors (Lipinski definition) is 3. The zero-order valence-electron chi connectivity index (χ0n) is 15.8. The van der Waals surface area contributed by atoms with E-state index in [1.54, 1.807) is 6.07 Å². The first kappa shape index (κ1) is 22.4. The summed E-state index contributed by atoms with van der Waals surface area (Å²) in [6.07, 6.45) is 4.56. The van der Waals surface area contributed by atoms with Gasteiger partial charge in [0, 0.05) is 37.0 Å². The van der Waals surface area contributed by atoms with Crippen molar-refractivity contribution in [3.8, 4) is 0 Å². The second-order valence-corrected chi connectivity index (χ2v) is 7.04. The molecule has 1 aliphatic carbocycles. The number of nitrogens with two attached hydrogens (primary N) is 1. The van der Waals surface area contributed by atoms with Crippen molar-refractivity contribution in [2.75, 3.05) is 0 Å². The second kappa shape index (κ2) is 10.5. The zero-order valence-corrected chi connectivity index (χ0v) is 16.6. The summed E-state index contributed by atoms with van der Waals surface area (Å²) in [6.45, 7) is 5.90. The topological polar surface area (TPSA) is 110 Å². The number of aromatic nitrogens is 1.